The van der Waals surface area contributed by atoms with Crippen LogP contribution in [0.25, 0.3) is 0 Å². The van der Waals surface area contributed by atoms with Crippen LogP contribution in [-0.2, 0) is 14.3 Å². The molecule has 0 aliphatic carbocycles. The summed E-state index contributed by atoms with van der Waals surface area (Å²) in [6.45, 7) is -0.263. The van der Waals surface area contributed by atoms with Crippen molar-refractivity contribution in [2.75, 3.05) is 17.7 Å². The topological polar surface area (TPSA) is 55.4 Å². The fraction of sp³-hybridized carbons (Fsp3) is 0.500. The number of esters is 1. The molecule has 4 nitrogen and oxygen atoms in total. The van der Waals surface area contributed by atoms with Crippen LogP contribution < -0.4 is 5.32 Å². The van der Waals surface area contributed by atoms with Crippen LogP contribution in [0.1, 0.15) is 32.1 Å². The van der Waals surface area contributed by atoms with Crippen LogP contribution in [0.15, 0.2) is 24.3 Å². The number of carbonyl (C=O) groups excluding carboxylic acids is 2. The molecule has 0 spiro atoms. The first kappa shape index (κ1) is 18.5. The molecule has 7 heteroatoms. The van der Waals surface area contributed by atoms with E-state index in [1.165, 1.54) is 12.2 Å². The molecule has 1 heterocycles. The molecule has 0 bridgehead atoms. The molecule has 1 aliphatic heterocycles. The van der Waals surface area contributed by atoms with E-state index < -0.39 is 0 Å². The highest BCUT2D eigenvalue weighted by Crippen LogP contribution is 2.39. The molecule has 0 aromatic heterocycles. The molecule has 0 radical (unpaired) electrons. The summed E-state index contributed by atoms with van der Waals surface area (Å²) in [6, 6.07) is 6.83. The zero-order chi connectivity index (χ0) is 16.5. The van der Waals surface area contributed by atoms with Gasteiger partial charge in [0, 0.05) is 28.1 Å². The van der Waals surface area contributed by atoms with Gasteiger partial charge in [-0.15, -0.1) is 0 Å². The zero-order valence-corrected chi connectivity index (χ0v) is 15.1. The number of amides is 1. The van der Waals surface area contributed by atoms with Crippen LogP contribution >= 0.6 is 33.2 Å². The Labute approximate surface area is 149 Å². The van der Waals surface area contributed by atoms with Crippen LogP contribution in [0.4, 0.5) is 5.69 Å². The Hall–Kier alpha value is -0.850. The number of nitrogens with one attached hydrogen (secondary N) is 1. The van der Waals surface area contributed by atoms with E-state index >= 15 is 0 Å². The average Bonchev–Trinajstić information content (AvgIpc) is 3.03. The van der Waals surface area contributed by atoms with Crippen molar-refractivity contribution in [1.82, 2.24) is 0 Å². The highest BCUT2D eigenvalue weighted by atomic mass is 35.5. The Balaban J connectivity index is 1.55. The second kappa shape index (κ2) is 10.1. The SMILES string of the molecule is O=C(COC(=O)CCCC[C@H]1CCSS1)Nc1cccc(Cl)c1. The maximum Gasteiger partial charge on any atom is 0.306 e. The molecule has 1 fully saturated rings. The molecule has 126 valence electrons. The van der Waals surface area contributed by atoms with Crippen LogP contribution in [0.5, 0.6) is 0 Å². The van der Waals surface area contributed by atoms with Crippen molar-refractivity contribution < 1.29 is 14.3 Å². The van der Waals surface area contributed by atoms with Crippen molar-refractivity contribution in [1.29, 1.82) is 0 Å². The second-order valence-corrected chi connectivity index (χ2v) is 8.52. The number of benzene rings is 1. The minimum absolute atomic E-state index is 0.263. The molecule has 1 saturated heterocycles. The van der Waals surface area contributed by atoms with Crippen molar-refractivity contribution in [2.24, 2.45) is 0 Å². The minimum atomic E-state index is -0.361. The largest absolute Gasteiger partial charge is 0.456 e. The monoisotopic (exact) mass is 373 g/mol. The Morgan fingerprint density at radius 2 is 2.22 bits per heavy atom. The van der Waals surface area contributed by atoms with E-state index in [9.17, 15) is 9.59 Å². The smallest absolute Gasteiger partial charge is 0.306 e. The summed E-state index contributed by atoms with van der Waals surface area (Å²) in [5.74, 6) is 0.554. The van der Waals surface area contributed by atoms with Gasteiger partial charge < -0.3 is 10.1 Å². The maximum atomic E-state index is 11.7. The summed E-state index contributed by atoms with van der Waals surface area (Å²) in [5, 5.41) is 3.91. The van der Waals surface area contributed by atoms with Crippen LogP contribution in [0.3, 0.4) is 0 Å². The summed E-state index contributed by atoms with van der Waals surface area (Å²) in [5.41, 5.74) is 0.588. The number of hydrogen-bond donors (Lipinski definition) is 1. The van der Waals surface area contributed by atoms with Crippen LogP contribution in [0, 0.1) is 0 Å². The summed E-state index contributed by atoms with van der Waals surface area (Å²) in [4.78, 5) is 23.3. The molecule has 2 rings (SSSR count). The first-order valence-corrected chi connectivity index (χ1v) is 10.4. The van der Waals surface area contributed by atoms with E-state index in [0.717, 1.165) is 24.5 Å². The predicted octanol–water partition coefficient (Wildman–Crippen LogP) is 4.54. The Morgan fingerprint density at radius 3 is 2.96 bits per heavy atom. The van der Waals surface area contributed by atoms with Gasteiger partial charge in [0.05, 0.1) is 0 Å². The van der Waals surface area contributed by atoms with Crippen molar-refractivity contribution >= 4 is 50.8 Å². The third kappa shape index (κ3) is 7.50. The van der Waals surface area contributed by atoms with Gasteiger partial charge in [-0.2, -0.15) is 0 Å². The number of rotatable bonds is 8. The lowest BCUT2D eigenvalue weighted by Crippen LogP contribution is -2.20. The molecule has 0 unspecified atom stereocenters. The number of ether oxygens (including phenoxy) is 1. The standard InChI is InChI=1S/C16H20ClNO3S2/c17-12-4-3-5-13(10-12)18-15(19)11-21-16(20)7-2-1-6-14-8-9-22-23-14/h3-5,10,14H,1-2,6-9,11H2,(H,18,19)/t14-/m0/s1. The molecular formula is C16H20ClNO3S2. The fourth-order valence-corrected chi connectivity index (χ4v) is 5.41. The third-order valence-electron chi connectivity index (χ3n) is 3.36. The van der Waals surface area contributed by atoms with E-state index in [1.54, 1.807) is 24.3 Å². The predicted molar refractivity (Wildman–Crippen MR) is 98.0 cm³/mol. The Morgan fingerprint density at radius 1 is 1.35 bits per heavy atom. The number of anilines is 1. The minimum Gasteiger partial charge on any atom is -0.456 e. The van der Waals surface area contributed by atoms with Gasteiger partial charge in [-0.1, -0.05) is 45.7 Å². The van der Waals surface area contributed by atoms with Crippen molar-refractivity contribution in [3.63, 3.8) is 0 Å². The highest BCUT2D eigenvalue weighted by Gasteiger charge is 2.16. The van der Waals surface area contributed by atoms with Crippen LogP contribution in [0.2, 0.25) is 5.02 Å². The van der Waals surface area contributed by atoms with Crippen LogP contribution in [-0.4, -0.2) is 29.5 Å². The van der Waals surface area contributed by atoms with Crippen molar-refractivity contribution in [3.8, 4) is 0 Å². The van der Waals surface area contributed by atoms with Gasteiger partial charge in [0.1, 0.15) is 0 Å². The quantitative estimate of drug-likeness (QED) is 0.412. The van der Waals surface area contributed by atoms with Crippen molar-refractivity contribution in [2.45, 2.75) is 37.4 Å². The number of carbonyl (C=O) groups is 2. The van der Waals surface area contributed by atoms with Gasteiger partial charge in [-0.05, 0) is 37.5 Å². The van der Waals surface area contributed by atoms with E-state index in [-0.39, 0.29) is 18.5 Å². The summed E-state index contributed by atoms with van der Waals surface area (Å²) in [6.07, 6.45) is 4.64. The highest BCUT2D eigenvalue weighted by molar-refractivity contribution is 8.77. The lowest BCUT2D eigenvalue weighted by molar-refractivity contribution is -0.147. The van der Waals surface area contributed by atoms with Gasteiger partial charge in [0.15, 0.2) is 6.61 Å². The third-order valence-corrected chi connectivity index (χ3v) is 6.60. The number of unbranched alkanes of at least 4 members (excludes halogenated alkanes) is 1. The van der Waals surface area contributed by atoms with Gasteiger partial charge in [-0.3, -0.25) is 9.59 Å². The van der Waals surface area contributed by atoms with E-state index in [0.29, 0.717) is 17.1 Å². The summed E-state index contributed by atoms with van der Waals surface area (Å²) < 4.78 is 4.99. The summed E-state index contributed by atoms with van der Waals surface area (Å²) >= 11 is 5.83. The maximum absolute atomic E-state index is 11.7. The normalized spacial score (nSPS) is 17.0. The van der Waals surface area contributed by atoms with Gasteiger partial charge >= 0.3 is 5.97 Å². The molecular weight excluding hydrogens is 354 g/mol. The molecule has 23 heavy (non-hydrogen) atoms. The fourth-order valence-electron chi connectivity index (χ4n) is 2.19. The average molecular weight is 374 g/mol. The number of halogens is 1. The molecule has 1 aromatic carbocycles. The Kier molecular flexibility index (Phi) is 8.12. The molecule has 0 saturated carbocycles. The zero-order valence-electron chi connectivity index (χ0n) is 12.8. The Bertz CT molecular complexity index is 536. The molecule has 1 aliphatic rings. The van der Waals surface area contributed by atoms with Gasteiger partial charge in [-0.25, -0.2) is 0 Å². The molecule has 1 amide bonds. The molecule has 1 atom stereocenters. The lowest BCUT2D eigenvalue weighted by atomic mass is 10.1. The van der Waals surface area contributed by atoms with E-state index in [2.05, 4.69) is 5.32 Å². The van der Waals surface area contributed by atoms with Crippen molar-refractivity contribution in [3.05, 3.63) is 29.3 Å². The van der Waals surface area contributed by atoms with Gasteiger partial charge in [0.2, 0.25) is 0 Å². The molecule has 1 N–H and O–H groups in total. The first-order valence-electron chi connectivity index (χ1n) is 7.63. The van der Waals surface area contributed by atoms with Gasteiger partial charge in [0.25, 0.3) is 5.91 Å². The second-order valence-electron chi connectivity index (χ2n) is 5.29. The number of hydrogen-bond acceptors (Lipinski definition) is 5. The lowest BCUT2D eigenvalue weighted by Gasteiger charge is -2.08. The summed E-state index contributed by atoms with van der Waals surface area (Å²) in [7, 11) is 3.89. The first-order chi connectivity index (χ1) is 11.1. The molecule has 1 aromatic rings. The van der Waals surface area contributed by atoms with E-state index in [1.807, 2.05) is 21.6 Å². The van der Waals surface area contributed by atoms with E-state index in [4.69, 9.17) is 16.3 Å².